The number of nitrogens with one attached hydrogen (secondary N) is 1. The van der Waals surface area contributed by atoms with Crippen molar-refractivity contribution in [3.63, 3.8) is 0 Å². The average molecular weight is 257 g/mol. The van der Waals surface area contributed by atoms with E-state index < -0.39 is 24.0 Å². The number of hydrogen-bond acceptors (Lipinski definition) is 3. The lowest BCUT2D eigenvalue weighted by atomic mass is 9.77. The molecular formula is C13H23NO4. The van der Waals surface area contributed by atoms with Gasteiger partial charge in [0.15, 0.2) is 0 Å². The van der Waals surface area contributed by atoms with Crippen LogP contribution in [0, 0.1) is 11.3 Å². The molecule has 0 heterocycles. The first-order valence-corrected chi connectivity index (χ1v) is 6.56. The Morgan fingerprint density at radius 2 is 1.83 bits per heavy atom. The molecule has 1 amide bonds. The van der Waals surface area contributed by atoms with Crippen LogP contribution in [0.5, 0.6) is 0 Å². The maximum atomic E-state index is 12.3. The van der Waals surface area contributed by atoms with Gasteiger partial charge in [-0.1, -0.05) is 26.7 Å². The highest BCUT2D eigenvalue weighted by molar-refractivity contribution is 5.87. The summed E-state index contributed by atoms with van der Waals surface area (Å²) in [5.41, 5.74) is -0.433. The van der Waals surface area contributed by atoms with E-state index >= 15 is 0 Å². The molecule has 0 radical (unpaired) electrons. The molecule has 1 fully saturated rings. The summed E-state index contributed by atoms with van der Waals surface area (Å²) in [5, 5.41) is 20.3. The monoisotopic (exact) mass is 257 g/mol. The molecular weight excluding hydrogens is 234 g/mol. The number of aliphatic carboxylic acids is 1. The molecule has 1 saturated carbocycles. The van der Waals surface area contributed by atoms with Crippen LogP contribution in [0.4, 0.5) is 0 Å². The van der Waals surface area contributed by atoms with E-state index in [1.165, 1.54) is 0 Å². The van der Waals surface area contributed by atoms with Crippen LogP contribution in [-0.4, -0.2) is 34.7 Å². The molecule has 0 saturated heterocycles. The second-order valence-corrected chi connectivity index (χ2v) is 5.63. The van der Waals surface area contributed by atoms with Gasteiger partial charge in [-0.05, 0) is 25.2 Å². The Morgan fingerprint density at radius 1 is 1.28 bits per heavy atom. The zero-order chi connectivity index (χ0) is 13.8. The molecule has 1 atom stereocenters. The van der Waals surface area contributed by atoms with Gasteiger partial charge in [-0.25, -0.2) is 4.79 Å². The van der Waals surface area contributed by atoms with Gasteiger partial charge in [0.25, 0.3) is 0 Å². The van der Waals surface area contributed by atoms with E-state index in [0.29, 0.717) is 5.92 Å². The first-order valence-electron chi connectivity index (χ1n) is 6.56. The van der Waals surface area contributed by atoms with Crippen LogP contribution < -0.4 is 5.32 Å². The minimum atomic E-state index is -1.19. The van der Waals surface area contributed by atoms with Gasteiger partial charge < -0.3 is 15.5 Å². The molecule has 0 aromatic carbocycles. The fourth-order valence-electron chi connectivity index (χ4n) is 2.85. The van der Waals surface area contributed by atoms with Gasteiger partial charge in [0.05, 0.1) is 6.61 Å². The summed E-state index contributed by atoms with van der Waals surface area (Å²) in [6.45, 7) is 3.56. The number of aliphatic hydroxyl groups is 1. The Hall–Kier alpha value is -1.10. The van der Waals surface area contributed by atoms with Crippen LogP contribution in [-0.2, 0) is 9.59 Å². The number of amides is 1. The first-order chi connectivity index (χ1) is 8.41. The summed E-state index contributed by atoms with van der Waals surface area (Å²) in [4.78, 5) is 23.1. The van der Waals surface area contributed by atoms with E-state index in [2.05, 4.69) is 19.2 Å². The second-order valence-electron chi connectivity index (χ2n) is 5.63. The van der Waals surface area contributed by atoms with Crippen molar-refractivity contribution in [1.82, 2.24) is 5.32 Å². The van der Waals surface area contributed by atoms with Gasteiger partial charge in [-0.15, -0.1) is 0 Å². The third-order valence-electron chi connectivity index (χ3n) is 3.63. The molecule has 5 nitrogen and oxygen atoms in total. The van der Waals surface area contributed by atoms with Crippen molar-refractivity contribution < 1.29 is 19.8 Å². The van der Waals surface area contributed by atoms with Gasteiger partial charge in [0.2, 0.25) is 5.91 Å². The number of carbonyl (C=O) groups excluding carboxylic acids is 1. The third kappa shape index (κ3) is 3.45. The van der Waals surface area contributed by atoms with E-state index in [4.69, 9.17) is 10.2 Å². The summed E-state index contributed by atoms with van der Waals surface area (Å²) < 4.78 is 0. The van der Waals surface area contributed by atoms with Gasteiger partial charge in [-0.2, -0.15) is 0 Å². The largest absolute Gasteiger partial charge is 0.480 e. The summed E-state index contributed by atoms with van der Waals surface area (Å²) in [6, 6.07) is -1.19. The Kier molecular flexibility index (Phi) is 5.14. The first kappa shape index (κ1) is 15.0. The van der Waals surface area contributed by atoms with E-state index in [1.54, 1.807) is 0 Å². The molecule has 0 aromatic heterocycles. The zero-order valence-electron chi connectivity index (χ0n) is 11.1. The number of carboxylic acids is 1. The molecule has 18 heavy (non-hydrogen) atoms. The quantitative estimate of drug-likeness (QED) is 0.666. The lowest BCUT2D eigenvalue weighted by molar-refractivity contribution is -0.145. The molecule has 1 rings (SSSR count). The van der Waals surface area contributed by atoms with Crippen LogP contribution in [0.2, 0.25) is 0 Å². The fraction of sp³-hybridized carbons (Fsp3) is 0.846. The van der Waals surface area contributed by atoms with E-state index in [1.807, 2.05) is 0 Å². The van der Waals surface area contributed by atoms with Crippen molar-refractivity contribution in [1.29, 1.82) is 0 Å². The zero-order valence-corrected chi connectivity index (χ0v) is 11.1. The Balaban J connectivity index is 2.74. The summed E-state index contributed by atoms with van der Waals surface area (Å²) in [5.74, 6) is -1.01. The summed E-state index contributed by atoms with van der Waals surface area (Å²) in [7, 11) is 0. The lowest BCUT2D eigenvalue weighted by Gasteiger charge is -2.30. The highest BCUT2D eigenvalue weighted by Crippen LogP contribution is 2.43. The Morgan fingerprint density at radius 3 is 2.22 bits per heavy atom. The number of rotatable bonds is 6. The number of hydrogen-bond donors (Lipinski definition) is 3. The van der Waals surface area contributed by atoms with Crippen LogP contribution in [0.15, 0.2) is 0 Å². The molecule has 1 aliphatic carbocycles. The molecule has 3 N–H and O–H groups in total. The molecule has 0 aliphatic heterocycles. The Labute approximate surface area is 108 Å². The lowest BCUT2D eigenvalue weighted by Crippen LogP contribution is -2.49. The normalized spacial score (nSPS) is 19.8. The predicted octanol–water partition coefficient (Wildman–Crippen LogP) is 1.15. The van der Waals surface area contributed by atoms with E-state index in [9.17, 15) is 9.59 Å². The fourth-order valence-corrected chi connectivity index (χ4v) is 2.85. The summed E-state index contributed by atoms with van der Waals surface area (Å²) >= 11 is 0. The molecule has 0 aromatic rings. The van der Waals surface area contributed by atoms with Gasteiger partial charge >= 0.3 is 5.97 Å². The van der Waals surface area contributed by atoms with Crippen molar-refractivity contribution >= 4 is 11.9 Å². The minimum Gasteiger partial charge on any atom is -0.480 e. The van der Waals surface area contributed by atoms with Gasteiger partial charge in [0, 0.05) is 5.41 Å². The predicted molar refractivity (Wildman–Crippen MR) is 67.0 cm³/mol. The molecule has 0 bridgehead atoms. The van der Waals surface area contributed by atoms with Crippen LogP contribution in [0.25, 0.3) is 0 Å². The van der Waals surface area contributed by atoms with Crippen LogP contribution in [0.1, 0.15) is 46.0 Å². The Bertz CT molecular complexity index is 308. The molecule has 5 heteroatoms. The van der Waals surface area contributed by atoms with Gasteiger partial charge in [-0.3, -0.25) is 4.79 Å². The number of carbonyl (C=O) groups is 2. The standard InChI is InChI=1S/C13H23NO4/c1-9(2)7-13(5-3-4-6-13)12(18)14-10(8-15)11(16)17/h9-10,15H,3-8H2,1-2H3,(H,14,18)(H,16,17)/t10-/m1/s1. The molecule has 1 aliphatic rings. The SMILES string of the molecule is CC(C)CC1(C(=O)N[C@H](CO)C(=O)O)CCCC1. The highest BCUT2D eigenvalue weighted by atomic mass is 16.4. The highest BCUT2D eigenvalue weighted by Gasteiger charge is 2.42. The second kappa shape index (κ2) is 6.18. The van der Waals surface area contributed by atoms with Crippen LogP contribution >= 0.6 is 0 Å². The number of aliphatic hydroxyl groups excluding tert-OH is 1. The van der Waals surface area contributed by atoms with Gasteiger partial charge in [0.1, 0.15) is 6.04 Å². The number of carboxylic acid groups (broad SMARTS) is 1. The maximum Gasteiger partial charge on any atom is 0.328 e. The van der Waals surface area contributed by atoms with Crippen molar-refractivity contribution in [3.8, 4) is 0 Å². The van der Waals surface area contributed by atoms with Crippen molar-refractivity contribution in [2.24, 2.45) is 11.3 Å². The maximum absolute atomic E-state index is 12.3. The van der Waals surface area contributed by atoms with E-state index in [0.717, 1.165) is 32.1 Å². The van der Waals surface area contributed by atoms with Crippen molar-refractivity contribution in [2.75, 3.05) is 6.61 Å². The molecule has 0 unspecified atom stereocenters. The molecule has 0 spiro atoms. The van der Waals surface area contributed by atoms with E-state index in [-0.39, 0.29) is 5.91 Å². The van der Waals surface area contributed by atoms with Crippen molar-refractivity contribution in [3.05, 3.63) is 0 Å². The van der Waals surface area contributed by atoms with Crippen LogP contribution in [0.3, 0.4) is 0 Å². The smallest absolute Gasteiger partial charge is 0.328 e. The minimum absolute atomic E-state index is 0.213. The van der Waals surface area contributed by atoms with Crippen molar-refractivity contribution in [2.45, 2.75) is 52.0 Å². The topological polar surface area (TPSA) is 86.6 Å². The average Bonchev–Trinajstić information content (AvgIpc) is 2.73. The third-order valence-corrected chi connectivity index (χ3v) is 3.63. The summed E-state index contributed by atoms with van der Waals surface area (Å²) in [6.07, 6.45) is 4.42. The molecule has 104 valence electrons.